The van der Waals surface area contributed by atoms with Gasteiger partial charge in [-0.05, 0) is 49.8 Å². The summed E-state index contributed by atoms with van der Waals surface area (Å²) < 4.78 is 26.9. The fourth-order valence-corrected chi connectivity index (χ4v) is 4.54. The van der Waals surface area contributed by atoms with Crippen LogP contribution in [0, 0.1) is 5.92 Å². The number of halogens is 1. The van der Waals surface area contributed by atoms with Gasteiger partial charge in [0, 0.05) is 38.3 Å². The summed E-state index contributed by atoms with van der Waals surface area (Å²) in [6, 6.07) is 7.86. The molecule has 1 aliphatic carbocycles. The van der Waals surface area contributed by atoms with E-state index in [4.69, 9.17) is 0 Å². The van der Waals surface area contributed by atoms with Crippen LogP contribution in [0.2, 0.25) is 0 Å². The molecular weight excluding hydrogens is 529 g/mol. The molecule has 10 heteroatoms. The molecule has 0 radical (unpaired) electrons. The van der Waals surface area contributed by atoms with E-state index in [1.165, 1.54) is 6.42 Å². The van der Waals surface area contributed by atoms with Crippen molar-refractivity contribution in [2.75, 3.05) is 36.8 Å². The van der Waals surface area contributed by atoms with Crippen molar-refractivity contribution in [1.29, 1.82) is 0 Å². The van der Waals surface area contributed by atoms with Crippen LogP contribution in [-0.4, -0.2) is 52.2 Å². The van der Waals surface area contributed by atoms with Crippen molar-refractivity contribution >= 4 is 51.6 Å². The molecule has 0 aromatic heterocycles. The Bertz CT molecular complexity index is 841. The van der Waals surface area contributed by atoms with Gasteiger partial charge in [-0.3, -0.25) is 4.79 Å². The molecule has 31 heavy (non-hydrogen) atoms. The van der Waals surface area contributed by atoms with Crippen LogP contribution in [-0.2, 0) is 21.4 Å². The number of benzene rings is 1. The van der Waals surface area contributed by atoms with Crippen LogP contribution < -0.4 is 20.3 Å². The van der Waals surface area contributed by atoms with Gasteiger partial charge in [-0.1, -0.05) is 18.6 Å². The van der Waals surface area contributed by atoms with E-state index in [0.29, 0.717) is 44.5 Å². The van der Waals surface area contributed by atoms with Gasteiger partial charge in [-0.15, -0.1) is 24.0 Å². The maximum atomic E-state index is 12.1. The van der Waals surface area contributed by atoms with Gasteiger partial charge in [-0.2, -0.15) is 0 Å². The maximum absolute atomic E-state index is 12.1. The largest absolute Gasteiger partial charge is 0.357 e. The molecule has 1 aromatic rings. The van der Waals surface area contributed by atoms with Crippen molar-refractivity contribution in [1.82, 2.24) is 15.4 Å². The third-order valence-electron chi connectivity index (χ3n) is 5.57. The van der Waals surface area contributed by atoms with Crippen LogP contribution in [0.1, 0.15) is 44.6 Å². The molecule has 1 aromatic carbocycles. The van der Waals surface area contributed by atoms with Gasteiger partial charge in [-0.25, -0.2) is 18.1 Å². The van der Waals surface area contributed by atoms with Crippen molar-refractivity contribution in [3.8, 4) is 0 Å². The second-order valence-electron chi connectivity index (χ2n) is 7.90. The number of aliphatic imine (C=N–C) groups is 1. The first-order valence-electron chi connectivity index (χ1n) is 10.9. The third-order valence-corrected chi connectivity index (χ3v) is 6.91. The molecule has 1 saturated carbocycles. The van der Waals surface area contributed by atoms with Crippen molar-refractivity contribution in [2.45, 2.75) is 45.6 Å². The number of carbonyl (C=O) groups excluding carboxylic acids is 1. The fourth-order valence-electron chi connectivity index (χ4n) is 3.53. The Morgan fingerprint density at radius 3 is 2.48 bits per heavy atom. The lowest BCUT2D eigenvalue weighted by Crippen LogP contribution is -2.42. The van der Waals surface area contributed by atoms with Gasteiger partial charge in [0.2, 0.25) is 15.9 Å². The minimum absolute atomic E-state index is 0. The lowest BCUT2D eigenvalue weighted by atomic mass is 9.86. The first-order chi connectivity index (χ1) is 14.5. The molecule has 0 atom stereocenters. The van der Waals surface area contributed by atoms with Crippen LogP contribution in [0.3, 0.4) is 0 Å². The Balaban J connectivity index is 0.00000341. The number of hydrogen-bond donors (Lipinski definition) is 3. The molecule has 0 bridgehead atoms. The van der Waals surface area contributed by atoms with E-state index in [2.05, 4.69) is 20.3 Å². The number of carbonyl (C=O) groups is 1. The smallest absolute Gasteiger partial charge is 0.227 e. The Hall–Kier alpha value is -1.40. The van der Waals surface area contributed by atoms with E-state index in [1.54, 1.807) is 0 Å². The van der Waals surface area contributed by atoms with Crippen LogP contribution in [0.5, 0.6) is 0 Å². The molecule has 8 nitrogen and oxygen atoms in total. The number of sulfonamides is 1. The molecule has 3 rings (SSSR count). The standard InChI is InChI=1S/C21H33N5O3S.HI/c1-2-22-21(23-12-14-30(28,29)25-16-17-5-3-6-17)24-15-18-8-10-19(11-9-18)26-13-4-7-20(26)27;/h8-11,17,25H,2-7,12-16H2,1H3,(H2,22,23,24);1H. The van der Waals surface area contributed by atoms with E-state index in [1.807, 2.05) is 36.1 Å². The highest BCUT2D eigenvalue weighted by atomic mass is 127. The van der Waals surface area contributed by atoms with Gasteiger partial charge in [0.15, 0.2) is 5.96 Å². The van der Waals surface area contributed by atoms with Crippen molar-refractivity contribution in [2.24, 2.45) is 10.9 Å². The van der Waals surface area contributed by atoms with Crippen LogP contribution in [0.25, 0.3) is 0 Å². The summed E-state index contributed by atoms with van der Waals surface area (Å²) >= 11 is 0. The molecule has 3 N–H and O–H groups in total. The van der Waals surface area contributed by atoms with Gasteiger partial charge in [0.05, 0.1) is 12.3 Å². The predicted molar refractivity (Wildman–Crippen MR) is 135 cm³/mol. The zero-order valence-corrected chi connectivity index (χ0v) is 21.2. The first-order valence-corrected chi connectivity index (χ1v) is 12.5. The summed E-state index contributed by atoms with van der Waals surface area (Å²) in [5.74, 6) is 1.28. The van der Waals surface area contributed by atoms with Crippen molar-refractivity contribution in [3.63, 3.8) is 0 Å². The lowest BCUT2D eigenvalue weighted by molar-refractivity contribution is -0.117. The summed E-state index contributed by atoms with van der Waals surface area (Å²) in [7, 11) is -3.28. The van der Waals surface area contributed by atoms with Crippen LogP contribution in [0.4, 0.5) is 5.69 Å². The normalized spacial score (nSPS) is 17.3. The summed E-state index contributed by atoms with van der Waals surface area (Å²) in [5, 5.41) is 6.23. The Kier molecular flexibility index (Phi) is 10.5. The minimum atomic E-state index is -3.28. The first kappa shape index (κ1) is 25.9. The zero-order valence-electron chi connectivity index (χ0n) is 18.1. The average Bonchev–Trinajstić information content (AvgIpc) is 3.11. The molecule has 2 fully saturated rings. The highest BCUT2D eigenvalue weighted by Crippen LogP contribution is 2.25. The lowest BCUT2D eigenvalue weighted by Gasteiger charge is -2.25. The molecule has 0 unspecified atom stereocenters. The maximum Gasteiger partial charge on any atom is 0.227 e. The van der Waals surface area contributed by atoms with Crippen molar-refractivity contribution in [3.05, 3.63) is 29.8 Å². The SMILES string of the molecule is CCNC(=NCc1ccc(N2CCCC2=O)cc1)NCCS(=O)(=O)NCC1CCC1.I. The zero-order chi connectivity index (χ0) is 21.4. The van der Waals surface area contributed by atoms with E-state index in [9.17, 15) is 13.2 Å². The fraction of sp³-hybridized carbons (Fsp3) is 0.619. The number of guanidine groups is 1. The topological polar surface area (TPSA) is 103 Å². The van der Waals surface area contributed by atoms with Crippen molar-refractivity contribution < 1.29 is 13.2 Å². The van der Waals surface area contributed by atoms with Crippen LogP contribution in [0.15, 0.2) is 29.3 Å². The third kappa shape index (κ3) is 8.23. The van der Waals surface area contributed by atoms with Gasteiger partial charge >= 0.3 is 0 Å². The quantitative estimate of drug-likeness (QED) is 0.230. The summed E-state index contributed by atoms with van der Waals surface area (Å²) in [6.45, 7) is 4.75. The molecule has 2 aliphatic rings. The number of nitrogens with zero attached hydrogens (tertiary/aromatic N) is 2. The van der Waals surface area contributed by atoms with Gasteiger partial charge in [0.25, 0.3) is 0 Å². The molecule has 1 amide bonds. The Morgan fingerprint density at radius 1 is 1.16 bits per heavy atom. The highest BCUT2D eigenvalue weighted by molar-refractivity contribution is 14.0. The second kappa shape index (κ2) is 12.6. The molecule has 1 heterocycles. The van der Waals surface area contributed by atoms with E-state index < -0.39 is 10.0 Å². The number of hydrogen-bond acceptors (Lipinski definition) is 4. The number of amides is 1. The van der Waals surface area contributed by atoms with Gasteiger partial charge in [0.1, 0.15) is 0 Å². The summed E-state index contributed by atoms with van der Waals surface area (Å²) in [6.07, 6.45) is 4.97. The Labute approximate surface area is 202 Å². The molecule has 0 spiro atoms. The molecular formula is C21H34IN5O3S. The molecule has 174 valence electrons. The average molecular weight is 564 g/mol. The highest BCUT2D eigenvalue weighted by Gasteiger charge is 2.21. The van der Waals surface area contributed by atoms with E-state index in [-0.39, 0.29) is 35.6 Å². The van der Waals surface area contributed by atoms with E-state index in [0.717, 1.165) is 37.1 Å². The minimum Gasteiger partial charge on any atom is -0.357 e. The number of nitrogens with one attached hydrogen (secondary N) is 3. The monoisotopic (exact) mass is 563 g/mol. The number of anilines is 1. The predicted octanol–water partition coefficient (Wildman–Crippen LogP) is 2.21. The Morgan fingerprint density at radius 2 is 1.90 bits per heavy atom. The summed E-state index contributed by atoms with van der Waals surface area (Å²) in [5.41, 5.74) is 1.95. The molecule has 1 aliphatic heterocycles. The van der Waals surface area contributed by atoms with Gasteiger partial charge < -0.3 is 15.5 Å². The number of rotatable bonds is 10. The second-order valence-corrected chi connectivity index (χ2v) is 9.83. The molecule has 1 saturated heterocycles. The van der Waals surface area contributed by atoms with E-state index >= 15 is 0 Å². The summed E-state index contributed by atoms with van der Waals surface area (Å²) in [4.78, 5) is 18.2. The van der Waals surface area contributed by atoms with Crippen LogP contribution >= 0.6 is 24.0 Å².